The first-order chi connectivity index (χ1) is 8.75. The summed E-state index contributed by atoms with van der Waals surface area (Å²) in [5.41, 5.74) is 12.2. The fourth-order valence-electron chi connectivity index (χ4n) is 2.50. The normalized spacial score (nSPS) is 19.5. The van der Waals surface area contributed by atoms with Gasteiger partial charge in [0, 0.05) is 12.6 Å². The van der Waals surface area contributed by atoms with E-state index in [2.05, 4.69) is 40.2 Å². The van der Waals surface area contributed by atoms with Crippen LogP contribution in [0, 0.1) is 0 Å². The number of aliphatic imine (C=N–C) groups is 1. The number of nitrogens with two attached hydrogens (primary N) is 2. The molecular weight excluding hydrogens is 351 g/mol. The Balaban J connectivity index is 0.00000180. The zero-order chi connectivity index (χ0) is 12.8. The maximum atomic E-state index is 5.42. The van der Waals surface area contributed by atoms with E-state index >= 15 is 0 Å². The first-order valence-corrected chi connectivity index (χ1v) is 6.59. The number of rotatable bonds is 4. The quantitative estimate of drug-likeness (QED) is 0.481. The van der Waals surface area contributed by atoms with Crippen LogP contribution >= 0.6 is 24.0 Å². The average Bonchev–Trinajstić information content (AvgIpc) is 2.39. The molecule has 1 aromatic carbocycles. The molecule has 106 valence electrons. The van der Waals surface area contributed by atoms with Gasteiger partial charge < -0.3 is 11.5 Å². The van der Waals surface area contributed by atoms with Crippen molar-refractivity contribution in [3.8, 4) is 0 Å². The lowest BCUT2D eigenvalue weighted by Gasteiger charge is -2.34. The summed E-state index contributed by atoms with van der Waals surface area (Å²) in [6.07, 6.45) is 3.73. The van der Waals surface area contributed by atoms with Crippen LogP contribution in [0.3, 0.4) is 0 Å². The second kappa shape index (κ2) is 8.37. The molecule has 19 heavy (non-hydrogen) atoms. The second-order valence-corrected chi connectivity index (χ2v) is 4.87. The molecule has 0 spiro atoms. The lowest BCUT2D eigenvalue weighted by Crippen LogP contribution is -2.41. The predicted octanol–water partition coefficient (Wildman–Crippen LogP) is 1.93. The summed E-state index contributed by atoms with van der Waals surface area (Å²) in [5, 5.41) is 0. The molecule has 1 aliphatic rings. The fourth-order valence-corrected chi connectivity index (χ4v) is 2.50. The molecule has 0 bridgehead atoms. The topological polar surface area (TPSA) is 67.6 Å². The summed E-state index contributed by atoms with van der Waals surface area (Å²) in [7, 11) is 0. The zero-order valence-corrected chi connectivity index (χ0v) is 13.5. The van der Waals surface area contributed by atoms with Crippen LogP contribution in [0.5, 0.6) is 0 Å². The van der Waals surface area contributed by atoms with Gasteiger partial charge in [-0.15, -0.1) is 24.0 Å². The van der Waals surface area contributed by atoms with Crippen molar-refractivity contribution in [3.05, 3.63) is 35.9 Å². The summed E-state index contributed by atoms with van der Waals surface area (Å²) in [6.45, 7) is 2.85. The molecule has 0 radical (unpaired) electrons. The van der Waals surface area contributed by atoms with Crippen LogP contribution in [0.25, 0.3) is 0 Å². The Morgan fingerprint density at radius 1 is 1.21 bits per heavy atom. The maximum Gasteiger partial charge on any atom is 0.185 e. The average molecular weight is 374 g/mol. The Hall–Kier alpha value is -0.820. The van der Waals surface area contributed by atoms with Gasteiger partial charge in [0.25, 0.3) is 0 Å². The molecule has 1 aliphatic heterocycles. The van der Waals surface area contributed by atoms with Crippen LogP contribution in [0.2, 0.25) is 0 Å². The maximum absolute atomic E-state index is 5.42. The first kappa shape index (κ1) is 16.2. The van der Waals surface area contributed by atoms with Crippen LogP contribution in [-0.4, -0.2) is 30.0 Å². The predicted molar refractivity (Wildman–Crippen MR) is 90.6 cm³/mol. The molecule has 2 rings (SSSR count). The highest BCUT2D eigenvalue weighted by molar-refractivity contribution is 14.0. The minimum Gasteiger partial charge on any atom is -0.370 e. The molecule has 1 heterocycles. The van der Waals surface area contributed by atoms with Gasteiger partial charge in [0.2, 0.25) is 0 Å². The number of piperidine rings is 1. The van der Waals surface area contributed by atoms with Crippen molar-refractivity contribution in [1.82, 2.24) is 4.90 Å². The number of hydrogen-bond acceptors (Lipinski definition) is 2. The first-order valence-electron chi connectivity index (χ1n) is 6.59. The lowest BCUT2D eigenvalue weighted by atomic mass is 10.0. The number of halogens is 1. The lowest BCUT2D eigenvalue weighted by molar-refractivity contribution is 0.145. The molecule has 0 amide bonds. The number of likely N-dealkylation sites (tertiary alicyclic amines) is 1. The van der Waals surface area contributed by atoms with Gasteiger partial charge in [-0.2, -0.15) is 0 Å². The molecule has 5 heteroatoms. The second-order valence-electron chi connectivity index (χ2n) is 4.87. The van der Waals surface area contributed by atoms with Crippen molar-refractivity contribution in [2.24, 2.45) is 16.5 Å². The molecule has 4 N–H and O–H groups in total. The number of nitrogens with zero attached hydrogens (tertiary/aromatic N) is 2. The van der Waals surface area contributed by atoms with Crippen LogP contribution < -0.4 is 11.5 Å². The summed E-state index contributed by atoms with van der Waals surface area (Å²) in [6, 6.07) is 11.0. The molecule has 1 aromatic rings. The Morgan fingerprint density at radius 3 is 2.63 bits per heavy atom. The molecule has 1 unspecified atom stereocenters. The van der Waals surface area contributed by atoms with E-state index in [1.165, 1.54) is 24.8 Å². The van der Waals surface area contributed by atoms with Crippen LogP contribution in [0.15, 0.2) is 35.3 Å². The van der Waals surface area contributed by atoms with Crippen molar-refractivity contribution in [1.29, 1.82) is 0 Å². The van der Waals surface area contributed by atoms with Crippen molar-refractivity contribution >= 4 is 29.9 Å². The van der Waals surface area contributed by atoms with Gasteiger partial charge in [-0.05, 0) is 24.9 Å². The number of hydrogen-bond donors (Lipinski definition) is 2. The van der Waals surface area contributed by atoms with Gasteiger partial charge in [-0.1, -0.05) is 36.8 Å². The van der Waals surface area contributed by atoms with E-state index in [0.29, 0.717) is 6.04 Å². The smallest absolute Gasteiger partial charge is 0.185 e. The Kier molecular flexibility index (Phi) is 7.15. The zero-order valence-electron chi connectivity index (χ0n) is 11.2. The van der Waals surface area contributed by atoms with Gasteiger partial charge in [0.15, 0.2) is 5.96 Å². The van der Waals surface area contributed by atoms with E-state index in [1.807, 2.05) is 0 Å². The van der Waals surface area contributed by atoms with E-state index < -0.39 is 0 Å². The SMILES string of the molecule is I.NC(N)=NCC1CCCCN1Cc1ccccc1. The molecule has 0 saturated carbocycles. The van der Waals surface area contributed by atoms with Gasteiger partial charge in [0.05, 0.1) is 6.54 Å². The van der Waals surface area contributed by atoms with Gasteiger partial charge in [-0.3, -0.25) is 9.89 Å². The van der Waals surface area contributed by atoms with Gasteiger partial charge in [0.1, 0.15) is 0 Å². The van der Waals surface area contributed by atoms with Crippen molar-refractivity contribution < 1.29 is 0 Å². The fraction of sp³-hybridized carbons (Fsp3) is 0.500. The summed E-state index contributed by atoms with van der Waals surface area (Å²) < 4.78 is 0. The van der Waals surface area contributed by atoms with E-state index in [1.54, 1.807) is 0 Å². The molecule has 1 atom stereocenters. The van der Waals surface area contributed by atoms with Crippen LogP contribution in [0.4, 0.5) is 0 Å². The van der Waals surface area contributed by atoms with Gasteiger partial charge in [-0.25, -0.2) is 0 Å². The number of benzene rings is 1. The van der Waals surface area contributed by atoms with E-state index in [0.717, 1.165) is 19.6 Å². The summed E-state index contributed by atoms with van der Waals surface area (Å²) in [5.74, 6) is 0.195. The monoisotopic (exact) mass is 374 g/mol. The van der Waals surface area contributed by atoms with Crippen LogP contribution in [-0.2, 0) is 6.54 Å². The van der Waals surface area contributed by atoms with Gasteiger partial charge >= 0.3 is 0 Å². The third-order valence-electron chi connectivity index (χ3n) is 3.46. The number of guanidine groups is 1. The van der Waals surface area contributed by atoms with E-state index in [9.17, 15) is 0 Å². The van der Waals surface area contributed by atoms with Crippen LogP contribution in [0.1, 0.15) is 24.8 Å². The standard InChI is InChI=1S/C14H22N4.HI/c15-14(16)17-10-13-8-4-5-9-18(13)11-12-6-2-1-3-7-12;/h1-3,6-7,13H,4-5,8-11H2,(H4,15,16,17);1H. The Bertz CT molecular complexity index is 390. The third kappa shape index (κ3) is 5.36. The molecule has 1 fully saturated rings. The minimum absolute atomic E-state index is 0. The summed E-state index contributed by atoms with van der Waals surface area (Å²) in [4.78, 5) is 6.66. The highest BCUT2D eigenvalue weighted by Crippen LogP contribution is 2.19. The molecule has 4 nitrogen and oxygen atoms in total. The molecule has 0 aliphatic carbocycles. The van der Waals surface area contributed by atoms with E-state index in [-0.39, 0.29) is 29.9 Å². The molecule has 1 saturated heterocycles. The van der Waals surface area contributed by atoms with E-state index in [4.69, 9.17) is 11.5 Å². The highest BCUT2D eigenvalue weighted by atomic mass is 127. The Morgan fingerprint density at radius 2 is 1.95 bits per heavy atom. The minimum atomic E-state index is 0. The third-order valence-corrected chi connectivity index (χ3v) is 3.46. The van der Waals surface area contributed by atoms with Crippen molar-refractivity contribution in [2.45, 2.75) is 31.8 Å². The summed E-state index contributed by atoms with van der Waals surface area (Å²) >= 11 is 0. The largest absolute Gasteiger partial charge is 0.370 e. The van der Waals surface area contributed by atoms with Crippen molar-refractivity contribution in [2.75, 3.05) is 13.1 Å². The molecule has 0 aromatic heterocycles. The highest BCUT2D eigenvalue weighted by Gasteiger charge is 2.21. The molecular formula is C14H23IN4. The Labute approximate surface area is 132 Å². The van der Waals surface area contributed by atoms with Crippen molar-refractivity contribution in [3.63, 3.8) is 0 Å².